The third-order valence-corrected chi connectivity index (χ3v) is 9.07. The SMILES string of the molecule is CN1CC(c2ccccc2)C2(SC(=S)N(Cc3ccco3)C2=O)C12C(=O)Nc1ccc(F)cc12. The van der Waals surface area contributed by atoms with Gasteiger partial charge in [-0.3, -0.25) is 19.4 Å². The molecule has 4 heterocycles. The van der Waals surface area contributed by atoms with Gasteiger partial charge in [0.1, 0.15) is 20.6 Å². The number of likely N-dealkylation sites (N-methyl/N-ethyl adjacent to an activating group) is 1. The maximum absolute atomic E-state index is 14.6. The number of fused-ring (bicyclic) bond motifs is 3. The van der Waals surface area contributed by atoms with Crippen LogP contribution in [0.2, 0.25) is 0 Å². The van der Waals surface area contributed by atoms with Crippen LogP contribution in [0.25, 0.3) is 0 Å². The topological polar surface area (TPSA) is 65.8 Å². The lowest BCUT2D eigenvalue weighted by atomic mass is 9.72. The monoisotopic (exact) mass is 493 g/mol. The van der Waals surface area contributed by atoms with Gasteiger partial charge in [-0.1, -0.05) is 54.3 Å². The van der Waals surface area contributed by atoms with Crippen molar-refractivity contribution in [3.05, 3.63) is 89.6 Å². The molecule has 3 unspecified atom stereocenters. The average molecular weight is 494 g/mol. The van der Waals surface area contributed by atoms with Crippen LogP contribution in [0.1, 0.15) is 22.8 Å². The van der Waals surface area contributed by atoms with Gasteiger partial charge in [-0.2, -0.15) is 0 Å². The second-order valence-corrected chi connectivity index (χ2v) is 10.7. The molecule has 3 aliphatic heterocycles. The summed E-state index contributed by atoms with van der Waals surface area (Å²) in [4.78, 5) is 31.7. The minimum atomic E-state index is -1.44. The van der Waals surface area contributed by atoms with Crippen molar-refractivity contribution in [2.75, 3.05) is 18.9 Å². The van der Waals surface area contributed by atoms with Crippen LogP contribution < -0.4 is 5.32 Å². The number of carbonyl (C=O) groups excluding carboxylic acids is 2. The third-order valence-electron chi connectivity index (χ3n) is 7.13. The van der Waals surface area contributed by atoms with Crippen LogP contribution in [0, 0.1) is 5.82 Å². The first kappa shape index (κ1) is 21.5. The van der Waals surface area contributed by atoms with Gasteiger partial charge < -0.3 is 9.73 Å². The number of hydrogen-bond acceptors (Lipinski definition) is 6. The smallest absolute Gasteiger partial charge is 0.251 e. The molecule has 172 valence electrons. The lowest BCUT2D eigenvalue weighted by molar-refractivity contribution is -0.138. The molecule has 0 radical (unpaired) electrons. The summed E-state index contributed by atoms with van der Waals surface area (Å²) >= 11 is 6.96. The number of likely N-dealkylation sites (tertiary alicyclic amines) is 1. The summed E-state index contributed by atoms with van der Waals surface area (Å²) in [5.74, 6) is -0.864. The molecule has 0 bridgehead atoms. The van der Waals surface area contributed by atoms with E-state index in [0.717, 1.165) is 5.56 Å². The first-order valence-corrected chi connectivity index (χ1v) is 12.1. The number of thioether (sulfide) groups is 1. The molecule has 34 heavy (non-hydrogen) atoms. The zero-order valence-corrected chi connectivity index (χ0v) is 19.8. The number of anilines is 1. The van der Waals surface area contributed by atoms with Crippen molar-refractivity contribution in [2.24, 2.45) is 0 Å². The summed E-state index contributed by atoms with van der Waals surface area (Å²) in [7, 11) is 1.82. The van der Waals surface area contributed by atoms with Gasteiger partial charge in [-0.25, -0.2) is 4.39 Å². The average Bonchev–Trinajstić information content (AvgIpc) is 3.56. The number of rotatable bonds is 3. The largest absolute Gasteiger partial charge is 0.467 e. The summed E-state index contributed by atoms with van der Waals surface area (Å²) in [6.45, 7) is 0.585. The molecular weight excluding hydrogens is 473 g/mol. The molecule has 0 aliphatic carbocycles. The van der Waals surface area contributed by atoms with E-state index in [1.54, 1.807) is 24.5 Å². The molecule has 2 aromatic carbocycles. The normalized spacial score (nSPS) is 28.4. The van der Waals surface area contributed by atoms with Crippen molar-refractivity contribution >= 4 is 45.8 Å². The van der Waals surface area contributed by atoms with E-state index in [9.17, 15) is 14.0 Å². The Kier molecular flexibility index (Phi) is 4.74. The van der Waals surface area contributed by atoms with Crippen molar-refractivity contribution in [1.29, 1.82) is 0 Å². The van der Waals surface area contributed by atoms with Crippen LogP contribution in [0.5, 0.6) is 0 Å². The number of hydrogen-bond donors (Lipinski definition) is 1. The zero-order chi connectivity index (χ0) is 23.7. The third kappa shape index (κ3) is 2.63. The maximum Gasteiger partial charge on any atom is 0.251 e. The van der Waals surface area contributed by atoms with Gasteiger partial charge in [-0.05, 0) is 42.9 Å². The van der Waals surface area contributed by atoms with Gasteiger partial charge in [0.2, 0.25) is 5.91 Å². The fraction of sp³-hybridized carbons (Fsp3) is 0.240. The van der Waals surface area contributed by atoms with Gasteiger partial charge >= 0.3 is 0 Å². The van der Waals surface area contributed by atoms with Crippen molar-refractivity contribution in [3.8, 4) is 0 Å². The highest BCUT2D eigenvalue weighted by Crippen LogP contribution is 2.65. The zero-order valence-electron chi connectivity index (χ0n) is 18.2. The van der Waals surface area contributed by atoms with E-state index in [0.29, 0.717) is 27.9 Å². The molecular formula is C25H20FN3O3S2. The van der Waals surface area contributed by atoms with E-state index in [4.69, 9.17) is 16.6 Å². The van der Waals surface area contributed by atoms with Crippen LogP contribution in [0.15, 0.2) is 71.3 Å². The highest BCUT2D eigenvalue weighted by atomic mass is 32.2. The number of carbonyl (C=O) groups is 2. The summed E-state index contributed by atoms with van der Waals surface area (Å²) in [5, 5.41) is 2.91. The Morgan fingerprint density at radius 1 is 1.18 bits per heavy atom. The van der Waals surface area contributed by atoms with E-state index in [1.165, 1.54) is 28.8 Å². The highest BCUT2D eigenvalue weighted by Gasteiger charge is 2.77. The molecule has 2 amide bonds. The van der Waals surface area contributed by atoms with Crippen LogP contribution in [-0.4, -0.2) is 44.3 Å². The number of nitrogens with one attached hydrogen (secondary N) is 1. The van der Waals surface area contributed by atoms with E-state index >= 15 is 0 Å². The van der Waals surface area contributed by atoms with E-state index in [2.05, 4.69) is 5.32 Å². The Bertz CT molecular complexity index is 1330. The fourth-order valence-electron chi connectivity index (χ4n) is 5.77. The van der Waals surface area contributed by atoms with Gasteiger partial charge in [0.15, 0.2) is 5.54 Å². The minimum Gasteiger partial charge on any atom is -0.467 e. The Morgan fingerprint density at radius 3 is 2.71 bits per heavy atom. The van der Waals surface area contributed by atoms with Gasteiger partial charge in [0, 0.05) is 23.7 Å². The number of thiocarbonyl (C=S) groups is 1. The maximum atomic E-state index is 14.6. The van der Waals surface area contributed by atoms with Gasteiger partial charge in [0.05, 0.1) is 12.8 Å². The van der Waals surface area contributed by atoms with Crippen LogP contribution in [-0.2, 0) is 21.7 Å². The van der Waals surface area contributed by atoms with Crippen LogP contribution in [0.4, 0.5) is 10.1 Å². The Labute approximate surface area is 205 Å². The fourth-order valence-corrected chi connectivity index (χ4v) is 7.90. The first-order valence-electron chi connectivity index (χ1n) is 10.8. The molecule has 1 aromatic heterocycles. The van der Waals surface area contributed by atoms with Gasteiger partial charge in [0.25, 0.3) is 5.91 Å². The molecule has 6 nitrogen and oxygen atoms in total. The van der Waals surface area contributed by atoms with Crippen molar-refractivity contribution in [2.45, 2.75) is 22.7 Å². The summed E-state index contributed by atoms with van der Waals surface area (Å²) in [6, 6.07) is 17.4. The Morgan fingerprint density at radius 2 is 1.97 bits per heavy atom. The lowest BCUT2D eigenvalue weighted by Gasteiger charge is -2.41. The highest BCUT2D eigenvalue weighted by molar-refractivity contribution is 8.25. The first-order chi connectivity index (χ1) is 16.4. The molecule has 2 saturated heterocycles. The Hall–Kier alpha value is -3.01. The Balaban J connectivity index is 1.60. The number of amides is 2. The predicted octanol–water partition coefficient (Wildman–Crippen LogP) is 4.09. The van der Waals surface area contributed by atoms with Crippen LogP contribution in [0.3, 0.4) is 0 Å². The molecule has 0 saturated carbocycles. The van der Waals surface area contributed by atoms with Crippen molar-refractivity contribution in [3.63, 3.8) is 0 Å². The molecule has 2 spiro atoms. The molecule has 3 aromatic rings. The van der Waals surface area contributed by atoms with Gasteiger partial charge in [-0.15, -0.1) is 0 Å². The summed E-state index contributed by atoms with van der Waals surface area (Å²) < 4.78 is 19.1. The molecule has 6 rings (SSSR count). The minimum absolute atomic E-state index is 0.165. The van der Waals surface area contributed by atoms with Crippen molar-refractivity contribution in [1.82, 2.24) is 9.80 Å². The van der Waals surface area contributed by atoms with E-state index < -0.39 is 16.1 Å². The molecule has 1 N–H and O–H groups in total. The lowest BCUT2D eigenvalue weighted by Crippen LogP contribution is -2.61. The molecule has 3 atom stereocenters. The van der Waals surface area contributed by atoms with Crippen molar-refractivity contribution < 1.29 is 18.4 Å². The second-order valence-electron chi connectivity index (χ2n) is 8.77. The number of nitrogens with zero attached hydrogens (tertiary/aromatic N) is 2. The van der Waals surface area contributed by atoms with Crippen LogP contribution >= 0.6 is 24.0 Å². The summed E-state index contributed by atoms with van der Waals surface area (Å²) in [5.41, 5.74) is 0.457. The standard InChI is InChI=1S/C25H20FN3O3S2/c1-28-14-19(15-6-3-2-4-7-15)25(22(31)29(23(33)34-25)13-17-8-5-11-32-17)24(28)18-12-16(26)9-10-20(18)27-21(24)30/h2-12,19H,13-14H2,1H3,(H,27,30). The number of halogens is 1. The molecule has 9 heteroatoms. The number of furan rings is 1. The van der Waals surface area contributed by atoms with E-state index in [-0.39, 0.29) is 24.3 Å². The van der Waals surface area contributed by atoms with E-state index in [1.807, 2.05) is 42.3 Å². The molecule has 2 fully saturated rings. The predicted molar refractivity (Wildman–Crippen MR) is 131 cm³/mol. The second kappa shape index (κ2) is 7.49. The number of benzene rings is 2. The quantitative estimate of drug-likeness (QED) is 0.555. The summed E-state index contributed by atoms with van der Waals surface area (Å²) in [6.07, 6.45) is 1.54. The molecule has 3 aliphatic rings.